The molecule has 118 heavy (non-hydrogen) atoms. The molecule has 7 rings (SSSR count). The molecule has 6 atom stereocenters. The largest absolute Gasteiger partial charge is 0.479 e. The van der Waals surface area contributed by atoms with Crippen LogP contribution in [0.1, 0.15) is 91.2 Å². The number of unbranched alkanes of at least 4 members (excludes halogenated alkanes) is 2. The number of nitrogens with two attached hydrogens (primary N) is 1. The fourth-order valence-electron chi connectivity index (χ4n) is 12.5. The number of nitrogen functional groups attached to an aromatic ring is 1. The maximum atomic E-state index is 14.0. The number of aliphatic carboxylic acids is 1. The number of aliphatic hydroxyl groups excluding tert-OH is 3. The number of ether oxygens (including phenoxy) is 15. The maximum Gasteiger partial charge on any atom is 0.337 e. The molecule has 6 amide bonds. The van der Waals surface area contributed by atoms with Crippen LogP contribution in [-0.4, -0.2) is 328 Å². The van der Waals surface area contributed by atoms with Crippen molar-refractivity contribution in [2.75, 3.05) is 211 Å². The number of quaternary nitrogens is 1. The van der Waals surface area contributed by atoms with Gasteiger partial charge in [0.05, 0.1) is 195 Å². The van der Waals surface area contributed by atoms with Crippen LogP contribution in [0.25, 0.3) is 21.9 Å². The van der Waals surface area contributed by atoms with Crippen LogP contribution >= 0.6 is 0 Å². The van der Waals surface area contributed by atoms with Crippen LogP contribution < -0.4 is 31.7 Å². The van der Waals surface area contributed by atoms with Crippen molar-refractivity contribution < 1.29 is 134 Å². The average molecular weight is 1660 g/mol. The van der Waals surface area contributed by atoms with Crippen molar-refractivity contribution in [3.8, 4) is 5.75 Å². The van der Waals surface area contributed by atoms with E-state index in [1.54, 1.807) is 31.4 Å². The van der Waals surface area contributed by atoms with E-state index in [2.05, 4.69) is 37.7 Å². The number of benzene rings is 3. The van der Waals surface area contributed by atoms with Crippen molar-refractivity contribution in [1.82, 2.24) is 35.4 Å². The fraction of sp³-hybridized carbons (Fsp3) is 0.605. The SMILES string of the molecule is CCCCc1nc2c(N)nc3cc(C(=O)OC)ccc3c2n1Cc1ccc(C[N+](C)(C)Cc2ccc(O[C@@H]3O[C@H](C(=O)O)[C@@H](O)[C@H](O)[C@H]3O)c(NC(=O)CCNC(=O)[C@H](CCCCNC(=O)CCOCCOCCOCCOCCOCCOCCOCCOCCOCCOCCOCCOC)NC(=O)CCN3C(=O)C=CC3=O)c2)cc1. The van der Waals surface area contributed by atoms with Crippen LogP contribution in [-0.2, 0) is 126 Å². The molecule has 10 N–H and O–H groups in total. The van der Waals surface area contributed by atoms with Crippen LogP contribution in [0, 0.1) is 0 Å². The lowest BCUT2D eigenvalue weighted by molar-refractivity contribution is -0.916. The van der Waals surface area contributed by atoms with Crippen LogP contribution in [0.4, 0.5) is 11.5 Å². The molecule has 0 bridgehead atoms. The zero-order valence-corrected chi connectivity index (χ0v) is 68.3. The molecule has 1 fully saturated rings. The lowest BCUT2D eigenvalue weighted by atomic mass is 9.99. The average Bonchev–Trinajstić information content (AvgIpc) is 1.64. The molecule has 2 aliphatic heterocycles. The number of aryl methyl sites for hydroxylation is 1. The van der Waals surface area contributed by atoms with Gasteiger partial charge in [0.1, 0.15) is 54.5 Å². The fourth-order valence-corrected chi connectivity index (χ4v) is 12.5. The number of carbonyl (C=O) groups is 8. The number of nitrogens with one attached hydrogen (secondary N) is 4. The highest BCUT2D eigenvalue weighted by molar-refractivity contribution is 6.13. The third-order valence-corrected chi connectivity index (χ3v) is 18.6. The first kappa shape index (κ1) is 96.3. The summed E-state index contributed by atoms with van der Waals surface area (Å²) < 4.78 is 84.3. The predicted molar refractivity (Wildman–Crippen MR) is 427 cm³/mol. The van der Waals surface area contributed by atoms with Crippen molar-refractivity contribution in [2.45, 2.75) is 121 Å². The number of hydrogen-bond acceptors (Lipinski definition) is 29. The van der Waals surface area contributed by atoms with Gasteiger partial charge in [-0.3, -0.25) is 33.7 Å². The van der Waals surface area contributed by atoms with Crippen molar-refractivity contribution >= 4 is 80.8 Å². The number of carbonyl (C=O) groups excluding carboxylic acids is 7. The molecule has 3 aromatic carbocycles. The summed E-state index contributed by atoms with van der Waals surface area (Å²) in [4.78, 5) is 113. The number of imide groups is 1. The minimum absolute atomic E-state index is 0.0449. The number of aromatic nitrogens is 3. The van der Waals surface area contributed by atoms with Gasteiger partial charge >= 0.3 is 11.9 Å². The smallest absolute Gasteiger partial charge is 0.337 e. The molecule has 0 spiro atoms. The maximum absolute atomic E-state index is 14.0. The second-order valence-corrected chi connectivity index (χ2v) is 28.3. The summed E-state index contributed by atoms with van der Waals surface area (Å²) in [5, 5.41) is 53.6. The quantitative estimate of drug-likeness (QED) is 0.0116. The number of carboxylic acids is 1. The number of imidazole rings is 1. The molecule has 0 unspecified atom stereocenters. The van der Waals surface area contributed by atoms with E-state index in [0.29, 0.717) is 204 Å². The molecule has 2 aliphatic rings. The standard InChI is InChI=1S/C81H118N10O27/c1-6-7-11-65-88-71-72(60-18-17-59(80(103)105-5)52-62(60)87-77(71)82)90(65)53-56-12-14-57(15-13-56)54-91(2,3)55-58-16-19-64(117-81-75(99)73(97)74(98)76(118-81)79(101)102)63(51-58)86-67(93)22-26-84-78(100)61(85-68(94)23-27-89-69(95)20-21-70(89)96)10-8-9-25-83-66(92)24-28-106-31-32-108-35-36-110-39-40-112-43-44-114-47-48-116-50-49-115-46-45-113-42-41-111-38-37-109-34-33-107-30-29-104-4/h12-21,51-52,61,73-76,81,97-99H,6-11,22-50,53-55H2,1-5H3,(H6-,82,83,84,85,86,87,92,93,94,100,101,102)/p+1/t61-,73-,74-,75+,76-,81+/m0/s1. The number of pyridine rings is 1. The third-order valence-electron chi connectivity index (χ3n) is 18.6. The Bertz CT molecular complexity index is 3930. The molecule has 2 aromatic heterocycles. The Morgan fingerprint density at radius 3 is 1.65 bits per heavy atom. The molecule has 37 heteroatoms. The molecule has 0 saturated carbocycles. The van der Waals surface area contributed by atoms with E-state index in [-0.39, 0.29) is 81.7 Å². The van der Waals surface area contributed by atoms with Gasteiger partial charge in [0.15, 0.2) is 11.9 Å². The second kappa shape index (κ2) is 53.6. The number of anilines is 2. The number of fused-ring (bicyclic) bond motifs is 3. The molecular formula is C81H119N10O27+. The van der Waals surface area contributed by atoms with Crippen LogP contribution in [0.5, 0.6) is 5.75 Å². The summed E-state index contributed by atoms with van der Waals surface area (Å²) in [6.07, 6.45) is -4.76. The molecular weight excluding hydrogens is 1540 g/mol. The Hall–Kier alpha value is -8.84. The van der Waals surface area contributed by atoms with Crippen LogP contribution in [0.3, 0.4) is 0 Å². The summed E-state index contributed by atoms with van der Waals surface area (Å²) in [7, 11) is 6.97. The van der Waals surface area contributed by atoms with Crippen molar-refractivity contribution in [2.24, 2.45) is 0 Å². The van der Waals surface area contributed by atoms with E-state index in [0.717, 1.165) is 57.7 Å². The molecule has 37 nitrogen and oxygen atoms in total. The lowest BCUT2D eigenvalue weighted by Gasteiger charge is -2.38. The summed E-state index contributed by atoms with van der Waals surface area (Å²) in [6.45, 7) is 13.0. The third kappa shape index (κ3) is 34.1. The highest BCUT2D eigenvalue weighted by atomic mass is 16.7. The van der Waals surface area contributed by atoms with Crippen molar-refractivity contribution in [3.63, 3.8) is 0 Å². The van der Waals surface area contributed by atoms with Gasteiger partial charge in [-0.2, -0.15) is 0 Å². The number of aliphatic hydroxyl groups is 3. The number of rotatable bonds is 63. The monoisotopic (exact) mass is 1660 g/mol. The summed E-state index contributed by atoms with van der Waals surface area (Å²) in [5.74, 6) is -4.50. The number of esters is 1. The minimum atomic E-state index is -2.00. The van der Waals surface area contributed by atoms with Gasteiger partial charge in [0.2, 0.25) is 29.9 Å². The number of amides is 6. The van der Waals surface area contributed by atoms with E-state index in [1.165, 1.54) is 13.2 Å². The van der Waals surface area contributed by atoms with E-state index in [9.17, 15) is 58.8 Å². The topological polar surface area (TPSA) is 464 Å². The number of nitrogens with zero attached hydrogens (tertiary/aromatic N) is 5. The zero-order valence-electron chi connectivity index (χ0n) is 68.3. The first-order valence-electron chi connectivity index (χ1n) is 39.9. The van der Waals surface area contributed by atoms with E-state index >= 15 is 0 Å². The van der Waals surface area contributed by atoms with E-state index in [1.807, 2.05) is 44.4 Å². The minimum Gasteiger partial charge on any atom is -0.479 e. The Labute approximate surface area is 686 Å². The molecule has 4 heterocycles. The summed E-state index contributed by atoms with van der Waals surface area (Å²) in [5.41, 5.74) is 11.5. The van der Waals surface area contributed by atoms with Gasteiger partial charge in [-0.05, 0) is 67.6 Å². The summed E-state index contributed by atoms with van der Waals surface area (Å²) in [6, 6.07) is 17.0. The van der Waals surface area contributed by atoms with Gasteiger partial charge in [0, 0.05) is 87.6 Å². The number of hydrogen-bond donors (Lipinski definition) is 9. The number of carboxylic acid groups (broad SMARTS) is 1. The first-order valence-corrected chi connectivity index (χ1v) is 39.9. The Kier molecular flexibility index (Phi) is 43.8. The first-order chi connectivity index (χ1) is 57.1. The molecule has 654 valence electrons. The van der Waals surface area contributed by atoms with Crippen LogP contribution in [0.2, 0.25) is 0 Å². The van der Waals surface area contributed by atoms with Crippen molar-refractivity contribution in [3.05, 3.63) is 101 Å². The molecule has 0 aliphatic carbocycles. The second-order valence-electron chi connectivity index (χ2n) is 28.3. The van der Waals surface area contributed by atoms with Gasteiger partial charge in [-0.15, -0.1) is 0 Å². The van der Waals surface area contributed by atoms with Gasteiger partial charge < -0.3 is 128 Å². The highest BCUT2D eigenvalue weighted by Crippen LogP contribution is 2.34. The van der Waals surface area contributed by atoms with Gasteiger partial charge in [-0.25, -0.2) is 19.6 Å². The predicted octanol–water partition coefficient (Wildman–Crippen LogP) is 2.14. The Morgan fingerprint density at radius 1 is 0.576 bits per heavy atom. The van der Waals surface area contributed by atoms with Gasteiger partial charge in [0.25, 0.3) is 11.8 Å². The highest BCUT2D eigenvalue weighted by Gasteiger charge is 2.48. The normalized spacial score (nSPS) is 16.4. The van der Waals surface area contributed by atoms with Crippen LogP contribution in [0.15, 0.2) is 72.8 Å². The molecule has 1 saturated heterocycles. The van der Waals surface area contributed by atoms with E-state index < -0.39 is 78.2 Å². The lowest BCUT2D eigenvalue weighted by Crippen LogP contribution is -2.61. The zero-order chi connectivity index (χ0) is 84.9. The Morgan fingerprint density at radius 2 is 1.11 bits per heavy atom. The number of methoxy groups -OCH3 is 2. The Balaban J connectivity index is 0.801. The summed E-state index contributed by atoms with van der Waals surface area (Å²) >= 11 is 0. The van der Waals surface area contributed by atoms with Crippen molar-refractivity contribution in [1.29, 1.82) is 0 Å². The van der Waals surface area contributed by atoms with Gasteiger partial charge in [-0.1, -0.05) is 37.6 Å². The molecule has 5 aromatic rings. The molecule has 0 radical (unpaired) electrons. The van der Waals surface area contributed by atoms with E-state index in [4.69, 9.17) is 81.8 Å².